The van der Waals surface area contributed by atoms with Crippen molar-refractivity contribution in [2.75, 3.05) is 12.3 Å². The van der Waals surface area contributed by atoms with Crippen LogP contribution in [0.1, 0.15) is 12.6 Å². The van der Waals surface area contributed by atoms with Gasteiger partial charge in [0.1, 0.15) is 12.3 Å². The minimum atomic E-state index is -0.905. The number of nitrogens with two attached hydrogens (primary N) is 1. The Morgan fingerprint density at radius 1 is 1.71 bits per heavy atom. The molecule has 1 fully saturated rings. The van der Waals surface area contributed by atoms with Crippen LogP contribution >= 0.6 is 0 Å². The third kappa shape index (κ3) is 2.14. The fourth-order valence-corrected chi connectivity index (χ4v) is 1.71. The SMILES string of the molecule is Nc1nc(=O)n([C@H]2C[C@@H](O)[C@@H](CO)O2)cc1F. The average Bonchev–Trinajstić information content (AvgIpc) is 2.65. The maximum Gasteiger partial charge on any atom is 0.351 e. The molecule has 2 rings (SSSR count). The molecule has 7 nitrogen and oxygen atoms in total. The highest BCUT2D eigenvalue weighted by atomic mass is 19.1. The molecule has 94 valence electrons. The maximum atomic E-state index is 13.2. The number of hydrogen-bond donors (Lipinski definition) is 3. The van der Waals surface area contributed by atoms with Gasteiger partial charge in [-0.15, -0.1) is 0 Å². The first-order valence-corrected chi connectivity index (χ1v) is 5.01. The summed E-state index contributed by atoms with van der Waals surface area (Å²) in [6.07, 6.45) is -1.58. The molecule has 1 aromatic rings. The van der Waals surface area contributed by atoms with E-state index in [0.717, 1.165) is 10.8 Å². The first-order chi connectivity index (χ1) is 8.02. The largest absolute Gasteiger partial charge is 0.394 e. The molecule has 1 aromatic heterocycles. The van der Waals surface area contributed by atoms with Crippen LogP contribution in [0.25, 0.3) is 0 Å². The Kier molecular flexibility index (Phi) is 3.09. The van der Waals surface area contributed by atoms with Gasteiger partial charge in [-0.2, -0.15) is 4.98 Å². The third-order valence-electron chi connectivity index (χ3n) is 2.63. The van der Waals surface area contributed by atoms with Crippen LogP contribution in [0.4, 0.5) is 10.2 Å². The van der Waals surface area contributed by atoms with Gasteiger partial charge in [-0.1, -0.05) is 0 Å². The van der Waals surface area contributed by atoms with Gasteiger partial charge in [-0.25, -0.2) is 9.18 Å². The number of aliphatic hydroxyl groups excluding tert-OH is 2. The number of ether oxygens (including phenoxy) is 1. The second kappa shape index (κ2) is 4.40. The molecule has 0 aromatic carbocycles. The van der Waals surface area contributed by atoms with Gasteiger partial charge < -0.3 is 20.7 Å². The normalized spacial score (nSPS) is 28.5. The highest BCUT2D eigenvalue weighted by Crippen LogP contribution is 2.27. The van der Waals surface area contributed by atoms with Crippen molar-refractivity contribution in [1.82, 2.24) is 9.55 Å². The quantitative estimate of drug-likeness (QED) is 0.591. The number of aromatic nitrogens is 2. The summed E-state index contributed by atoms with van der Waals surface area (Å²) in [5.41, 5.74) is 4.38. The van der Waals surface area contributed by atoms with E-state index in [4.69, 9.17) is 15.6 Å². The lowest BCUT2D eigenvalue weighted by atomic mass is 10.2. The number of halogens is 1. The van der Waals surface area contributed by atoms with Crippen molar-refractivity contribution in [2.24, 2.45) is 0 Å². The van der Waals surface area contributed by atoms with Crippen LogP contribution in [-0.4, -0.2) is 38.6 Å². The highest BCUT2D eigenvalue weighted by molar-refractivity contribution is 5.26. The molecular formula is C9H12FN3O4. The summed E-state index contributed by atoms with van der Waals surface area (Å²) < 4.78 is 19.3. The minimum absolute atomic E-state index is 0.0795. The van der Waals surface area contributed by atoms with Crippen LogP contribution in [0, 0.1) is 5.82 Å². The molecule has 1 aliphatic heterocycles. The molecule has 0 unspecified atom stereocenters. The summed E-state index contributed by atoms with van der Waals surface area (Å²) >= 11 is 0. The van der Waals surface area contributed by atoms with E-state index in [2.05, 4.69) is 4.98 Å². The Hall–Kier alpha value is -1.51. The lowest BCUT2D eigenvalue weighted by Gasteiger charge is -2.14. The molecule has 3 atom stereocenters. The Labute approximate surface area is 95.3 Å². The Morgan fingerprint density at radius 3 is 3.00 bits per heavy atom. The summed E-state index contributed by atoms with van der Waals surface area (Å²) in [7, 11) is 0. The summed E-state index contributed by atoms with van der Waals surface area (Å²) in [4.78, 5) is 14.7. The fourth-order valence-electron chi connectivity index (χ4n) is 1.71. The maximum absolute atomic E-state index is 13.2. The first kappa shape index (κ1) is 12.0. The topological polar surface area (TPSA) is 111 Å². The molecule has 0 radical (unpaired) electrons. The molecule has 8 heteroatoms. The van der Waals surface area contributed by atoms with Crippen LogP contribution < -0.4 is 11.4 Å². The van der Waals surface area contributed by atoms with Crippen LogP contribution in [0.2, 0.25) is 0 Å². The Balaban J connectivity index is 2.30. The summed E-state index contributed by atoms with van der Waals surface area (Å²) in [6, 6.07) is 0. The van der Waals surface area contributed by atoms with Gasteiger partial charge in [-0.05, 0) is 0 Å². The molecule has 1 aliphatic rings. The van der Waals surface area contributed by atoms with Crippen LogP contribution in [0.3, 0.4) is 0 Å². The van der Waals surface area contributed by atoms with Gasteiger partial charge in [0.25, 0.3) is 0 Å². The molecule has 1 saturated heterocycles. The van der Waals surface area contributed by atoms with E-state index in [1.54, 1.807) is 0 Å². The molecule has 17 heavy (non-hydrogen) atoms. The third-order valence-corrected chi connectivity index (χ3v) is 2.63. The molecule has 0 bridgehead atoms. The number of hydrogen-bond acceptors (Lipinski definition) is 6. The zero-order valence-electron chi connectivity index (χ0n) is 8.78. The molecule has 0 spiro atoms. The van der Waals surface area contributed by atoms with E-state index in [9.17, 15) is 14.3 Å². The number of aliphatic hydroxyl groups is 2. The zero-order valence-corrected chi connectivity index (χ0v) is 8.78. The van der Waals surface area contributed by atoms with Crippen molar-refractivity contribution in [3.8, 4) is 0 Å². The summed E-state index contributed by atoms with van der Waals surface area (Å²) in [5, 5.41) is 18.4. The summed E-state index contributed by atoms with van der Waals surface area (Å²) in [6.45, 7) is -0.378. The monoisotopic (exact) mass is 245 g/mol. The summed E-state index contributed by atoms with van der Waals surface area (Å²) in [5.74, 6) is -1.32. The lowest BCUT2D eigenvalue weighted by molar-refractivity contribution is -0.0461. The van der Waals surface area contributed by atoms with Crippen LogP contribution in [0.5, 0.6) is 0 Å². The second-order valence-corrected chi connectivity index (χ2v) is 3.78. The molecular weight excluding hydrogens is 233 g/mol. The molecule has 4 N–H and O–H groups in total. The number of nitrogen functional groups attached to an aromatic ring is 1. The highest BCUT2D eigenvalue weighted by Gasteiger charge is 2.35. The van der Waals surface area contributed by atoms with E-state index < -0.39 is 35.8 Å². The van der Waals surface area contributed by atoms with Crippen molar-refractivity contribution >= 4 is 5.82 Å². The van der Waals surface area contributed by atoms with Gasteiger partial charge in [0, 0.05) is 6.42 Å². The predicted molar refractivity (Wildman–Crippen MR) is 54.5 cm³/mol. The number of anilines is 1. The Bertz CT molecular complexity index is 478. The Morgan fingerprint density at radius 2 is 2.41 bits per heavy atom. The van der Waals surface area contributed by atoms with E-state index in [0.29, 0.717) is 0 Å². The van der Waals surface area contributed by atoms with Crippen molar-refractivity contribution in [3.63, 3.8) is 0 Å². The second-order valence-electron chi connectivity index (χ2n) is 3.78. The average molecular weight is 245 g/mol. The molecule has 0 amide bonds. The van der Waals surface area contributed by atoms with Crippen molar-refractivity contribution < 1.29 is 19.3 Å². The lowest BCUT2D eigenvalue weighted by Crippen LogP contribution is -2.29. The predicted octanol–water partition coefficient (Wildman–Crippen LogP) is -1.39. The van der Waals surface area contributed by atoms with Crippen molar-refractivity contribution in [3.05, 3.63) is 22.5 Å². The first-order valence-electron chi connectivity index (χ1n) is 5.01. The molecule has 2 heterocycles. The number of nitrogens with zero attached hydrogens (tertiary/aromatic N) is 2. The van der Waals surface area contributed by atoms with Crippen LogP contribution in [-0.2, 0) is 4.74 Å². The van der Waals surface area contributed by atoms with Gasteiger partial charge in [0.15, 0.2) is 11.6 Å². The molecule has 0 saturated carbocycles. The van der Waals surface area contributed by atoms with Crippen molar-refractivity contribution in [1.29, 1.82) is 0 Å². The van der Waals surface area contributed by atoms with E-state index in [1.807, 2.05) is 0 Å². The molecule has 0 aliphatic carbocycles. The van der Waals surface area contributed by atoms with Gasteiger partial charge in [0.05, 0.1) is 18.9 Å². The zero-order chi connectivity index (χ0) is 12.6. The smallest absolute Gasteiger partial charge is 0.351 e. The van der Waals surface area contributed by atoms with E-state index in [1.165, 1.54) is 0 Å². The fraction of sp³-hybridized carbons (Fsp3) is 0.556. The number of rotatable bonds is 2. The van der Waals surface area contributed by atoms with Crippen LogP contribution in [0.15, 0.2) is 11.0 Å². The standard InChI is InChI=1S/C9H12FN3O4/c10-4-2-13(9(16)12-8(4)11)7-1-5(15)6(3-14)17-7/h2,5-7,14-15H,1,3H2,(H2,11,12,16)/t5-,6-,7-/m1/s1. The van der Waals surface area contributed by atoms with Gasteiger partial charge in [-0.3, -0.25) is 4.57 Å². The van der Waals surface area contributed by atoms with E-state index in [-0.39, 0.29) is 13.0 Å². The van der Waals surface area contributed by atoms with Gasteiger partial charge >= 0.3 is 5.69 Å². The van der Waals surface area contributed by atoms with E-state index >= 15 is 0 Å². The minimum Gasteiger partial charge on any atom is -0.394 e. The van der Waals surface area contributed by atoms with Crippen molar-refractivity contribution in [2.45, 2.75) is 24.9 Å². The van der Waals surface area contributed by atoms with Gasteiger partial charge in [0.2, 0.25) is 0 Å².